The lowest BCUT2D eigenvalue weighted by molar-refractivity contribution is 0.332. The molecule has 5 nitrogen and oxygen atoms in total. The summed E-state index contributed by atoms with van der Waals surface area (Å²) in [5.74, 6) is 1.81. The van der Waals surface area contributed by atoms with E-state index in [2.05, 4.69) is 11.8 Å². The number of methoxy groups -OCH3 is 2. The van der Waals surface area contributed by atoms with Crippen molar-refractivity contribution < 1.29 is 9.47 Å². The van der Waals surface area contributed by atoms with Gasteiger partial charge in [-0.25, -0.2) is 0 Å². The highest BCUT2D eigenvalue weighted by molar-refractivity contribution is 5.90. The molecular weight excluding hydrogens is 292 g/mol. The van der Waals surface area contributed by atoms with E-state index in [1.54, 1.807) is 20.3 Å². The van der Waals surface area contributed by atoms with Crippen molar-refractivity contribution in [2.45, 2.75) is 19.9 Å². The van der Waals surface area contributed by atoms with Crippen molar-refractivity contribution in [1.82, 2.24) is 9.47 Å². The van der Waals surface area contributed by atoms with E-state index >= 15 is 0 Å². The maximum absolute atomic E-state index is 12.8. The van der Waals surface area contributed by atoms with Crippen LogP contribution in [0.15, 0.2) is 29.2 Å². The molecule has 0 spiro atoms. The number of likely N-dealkylation sites (tertiary alicyclic amines) is 1. The van der Waals surface area contributed by atoms with Crippen LogP contribution in [0.5, 0.6) is 11.5 Å². The van der Waals surface area contributed by atoms with Gasteiger partial charge in [0.15, 0.2) is 11.5 Å². The lowest BCUT2D eigenvalue weighted by Crippen LogP contribution is -2.26. The number of fused-ring (bicyclic) bond motifs is 1. The number of benzene rings is 1. The molecule has 1 aliphatic rings. The zero-order valence-corrected chi connectivity index (χ0v) is 14.0. The van der Waals surface area contributed by atoms with Crippen molar-refractivity contribution in [1.29, 1.82) is 0 Å². The minimum absolute atomic E-state index is 0.0402. The molecule has 0 saturated carbocycles. The SMILES string of the molecule is CCN1CC[C@@H](Cn2ccc3c(OC)c(OC)ccc3c2=O)C1. The fourth-order valence-corrected chi connectivity index (χ4v) is 3.46. The Hall–Kier alpha value is -2.01. The summed E-state index contributed by atoms with van der Waals surface area (Å²) in [5, 5.41) is 1.48. The van der Waals surface area contributed by atoms with Crippen molar-refractivity contribution in [2.75, 3.05) is 33.9 Å². The smallest absolute Gasteiger partial charge is 0.258 e. The monoisotopic (exact) mass is 316 g/mol. The molecule has 1 aromatic heterocycles. The van der Waals surface area contributed by atoms with Crippen molar-refractivity contribution in [3.63, 3.8) is 0 Å². The van der Waals surface area contributed by atoms with Crippen LogP contribution in [0.25, 0.3) is 10.8 Å². The summed E-state index contributed by atoms with van der Waals surface area (Å²) in [5.41, 5.74) is 0.0402. The number of aromatic nitrogens is 1. The summed E-state index contributed by atoms with van der Waals surface area (Å²) in [4.78, 5) is 15.2. The summed E-state index contributed by atoms with van der Waals surface area (Å²) in [6, 6.07) is 5.56. The van der Waals surface area contributed by atoms with Gasteiger partial charge in [0.25, 0.3) is 5.56 Å². The van der Waals surface area contributed by atoms with Gasteiger partial charge in [0.05, 0.1) is 19.6 Å². The predicted molar refractivity (Wildman–Crippen MR) is 91.5 cm³/mol. The minimum Gasteiger partial charge on any atom is -0.493 e. The Morgan fingerprint density at radius 3 is 2.65 bits per heavy atom. The van der Waals surface area contributed by atoms with Crippen LogP contribution in [0.2, 0.25) is 0 Å². The lowest BCUT2D eigenvalue weighted by atomic mass is 10.1. The second-order valence-electron chi connectivity index (χ2n) is 6.08. The van der Waals surface area contributed by atoms with Gasteiger partial charge in [-0.3, -0.25) is 4.79 Å². The van der Waals surface area contributed by atoms with Gasteiger partial charge in [0, 0.05) is 24.7 Å². The van der Waals surface area contributed by atoms with E-state index in [1.807, 2.05) is 22.9 Å². The molecule has 1 saturated heterocycles. The average Bonchev–Trinajstić information content (AvgIpc) is 3.04. The van der Waals surface area contributed by atoms with Crippen LogP contribution in [0.4, 0.5) is 0 Å². The van der Waals surface area contributed by atoms with E-state index in [1.165, 1.54) is 0 Å². The fourth-order valence-electron chi connectivity index (χ4n) is 3.46. The first-order valence-corrected chi connectivity index (χ1v) is 8.14. The van der Waals surface area contributed by atoms with Gasteiger partial charge in [-0.2, -0.15) is 0 Å². The van der Waals surface area contributed by atoms with Gasteiger partial charge in [-0.05, 0) is 43.6 Å². The first-order valence-electron chi connectivity index (χ1n) is 8.14. The standard InChI is InChI=1S/C18H24N2O3/c1-4-19-9-7-13(11-19)12-20-10-8-14-15(18(20)21)5-6-16(22-2)17(14)23-3/h5-6,8,10,13H,4,7,9,11-12H2,1-3H3/t13-/m1/s1. The molecule has 0 unspecified atom stereocenters. The fraction of sp³-hybridized carbons (Fsp3) is 0.500. The van der Waals surface area contributed by atoms with Gasteiger partial charge in [-0.15, -0.1) is 0 Å². The molecule has 0 bridgehead atoms. The summed E-state index contributed by atoms with van der Waals surface area (Å²) in [6.07, 6.45) is 3.03. The van der Waals surface area contributed by atoms with Gasteiger partial charge < -0.3 is 18.9 Å². The molecule has 1 aromatic carbocycles. The average molecular weight is 316 g/mol. The van der Waals surface area contributed by atoms with Crippen LogP contribution in [0.1, 0.15) is 13.3 Å². The Morgan fingerprint density at radius 2 is 2.00 bits per heavy atom. The molecule has 2 aromatic rings. The normalized spacial score (nSPS) is 18.5. The van der Waals surface area contributed by atoms with Crippen molar-refractivity contribution >= 4 is 10.8 Å². The highest BCUT2D eigenvalue weighted by Crippen LogP contribution is 2.33. The van der Waals surface area contributed by atoms with Crippen LogP contribution in [-0.2, 0) is 6.54 Å². The predicted octanol–water partition coefficient (Wildman–Crippen LogP) is 2.36. The second-order valence-corrected chi connectivity index (χ2v) is 6.08. The molecule has 23 heavy (non-hydrogen) atoms. The zero-order valence-electron chi connectivity index (χ0n) is 14.0. The molecule has 1 aliphatic heterocycles. The van der Waals surface area contributed by atoms with E-state index in [-0.39, 0.29) is 5.56 Å². The largest absolute Gasteiger partial charge is 0.493 e. The summed E-state index contributed by atoms with van der Waals surface area (Å²) in [6.45, 7) is 6.26. The Labute approximate surface area is 136 Å². The van der Waals surface area contributed by atoms with E-state index in [0.717, 1.165) is 38.0 Å². The molecule has 3 rings (SSSR count). The Bertz CT molecular complexity index is 754. The number of ether oxygens (including phenoxy) is 2. The van der Waals surface area contributed by atoms with Crippen molar-refractivity contribution in [3.8, 4) is 11.5 Å². The van der Waals surface area contributed by atoms with Gasteiger partial charge in [0.1, 0.15) is 0 Å². The zero-order chi connectivity index (χ0) is 16.4. The van der Waals surface area contributed by atoms with Crippen LogP contribution in [-0.4, -0.2) is 43.3 Å². The van der Waals surface area contributed by atoms with E-state index in [4.69, 9.17) is 9.47 Å². The first kappa shape index (κ1) is 15.9. The number of hydrogen-bond donors (Lipinski definition) is 0. The molecule has 5 heteroatoms. The maximum atomic E-state index is 12.8. The van der Waals surface area contributed by atoms with E-state index in [9.17, 15) is 4.79 Å². The van der Waals surface area contributed by atoms with Crippen LogP contribution >= 0.6 is 0 Å². The van der Waals surface area contributed by atoms with E-state index in [0.29, 0.717) is 22.8 Å². The lowest BCUT2D eigenvalue weighted by Gasteiger charge is -2.16. The number of nitrogens with zero attached hydrogens (tertiary/aromatic N) is 2. The summed E-state index contributed by atoms with van der Waals surface area (Å²) >= 11 is 0. The molecule has 0 amide bonds. The number of hydrogen-bond acceptors (Lipinski definition) is 4. The number of pyridine rings is 1. The highest BCUT2D eigenvalue weighted by atomic mass is 16.5. The first-order chi connectivity index (χ1) is 11.2. The Morgan fingerprint density at radius 1 is 1.17 bits per heavy atom. The molecule has 1 fully saturated rings. The van der Waals surface area contributed by atoms with Gasteiger partial charge in [0.2, 0.25) is 0 Å². The topological polar surface area (TPSA) is 43.7 Å². The molecule has 2 heterocycles. The second kappa shape index (κ2) is 6.62. The maximum Gasteiger partial charge on any atom is 0.258 e. The molecule has 0 N–H and O–H groups in total. The van der Waals surface area contributed by atoms with Crippen LogP contribution < -0.4 is 15.0 Å². The van der Waals surface area contributed by atoms with Gasteiger partial charge in [-0.1, -0.05) is 6.92 Å². The number of rotatable bonds is 5. The van der Waals surface area contributed by atoms with Crippen molar-refractivity contribution in [2.24, 2.45) is 5.92 Å². The molecular formula is C18H24N2O3. The molecule has 0 radical (unpaired) electrons. The van der Waals surface area contributed by atoms with Crippen LogP contribution in [0.3, 0.4) is 0 Å². The van der Waals surface area contributed by atoms with Gasteiger partial charge >= 0.3 is 0 Å². The third kappa shape index (κ3) is 2.93. The molecule has 124 valence electrons. The third-order valence-electron chi connectivity index (χ3n) is 4.77. The Balaban J connectivity index is 1.95. The summed E-state index contributed by atoms with van der Waals surface area (Å²) in [7, 11) is 3.20. The third-order valence-corrected chi connectivity index (χ3v) is 4.77. The van der Waals surface area contributed by atoms with Crippen molar-refractivity contribution in [3.05, 3.63) is 34.7 Å². The van der Waals surface area contributed by atoms with E-state index < -0.39 is 0 Å². The molecule has 1 atom stereocenters. The quantitative estimate of drug-likeness (QED) is 0.849. The summed E-state index contributed by atoms with van der Waals surface area (Å²) < 4.78 is 12.6. The highest BCUT2D eigenvalue weighted by Gasteiger charge is 2.22. The minimum atomic E-state index is 0.0402. The van der Waals surface area contributed by atoms with Crippen LogP contribution in [0, 0.1) is 5.92 Å². The Kier molecular flexibility index (Phi) is 4.57. The molecule has 0 aliphatic carbocycles.